The second-order valence-electron chi connectivity index (χ2n) is 5.39. The van der Waals surface area contributed by atoms with Crippen LogP contribution in [0.15, 0.2) is 35.9 Å². The first-order chi connectivity index (χ1) is 10.2. The molecule has 0 fully saturated rings. The first-order valence-corrected chi connectivity index (χ1v) is 7.25. The Kier molecular flexibility index (Phi) is 5.69. The van der Waals surface area contributed by atoms with Crippen molar-refractivity contribution in [3.63, 3.8) is 0 Å². The molecule has 1 atom stereocenters. The van der Waals surface area contributed by atoms with Gasteiger partial charge in [0.2, 0.25) is 0 Å². The first kappa shape index (κ1) is 16.6. The molecule has 0 radical (unpaired) electrons. The van der Waals surface area contributed by atoms with E-state index in [1.54, 1.807) is 0 Å². The zero-order chi connectivity index (χ0) is 14.7. The Hall–Kier alpha value is -1.72. The van der Waals surface area contributed by atoms with E-state index >= 15 is 0 Å². The number of aliphatic carboxylic acids is 1. The second-order valence-corrected chi connectivity index (χ2v) is 5.39. The third-order valence-electron chi connectivity index (χ3n) is 3.84. The van der Waals surface area contributed by atoms with E-state index in [0.717, 1.165) is 37.4 Å². The van der Waals surface area contributed by atoms with Gasteiger partial charge in [-0.2, -0.15) is 0 Å². The molecule has 1 aromatic rings. The van der Waals surface area contributed by atoms with Gasteiger partial charge in [0, 0.05) is 31.6 Å². The van der Waals surface area contributed by atoms with E-state index < -0.39 is 5.97 Å². The highest BCUT2D eigenvalue weighted by Crippen LogP contribution is 2.31. The topological polar surface area (TPSA) is 59.0 Å². The number of nitrogens with zero attached hydrogens (tertiary/aromatic N) is 1. The maximum absolute atomic E-state index is 11.0. The molecule has 0 amide bonds. The summed E-state index contributed by atoms with van der Waals surface area (Å²) in [6.45, 7) is 2.79. The number of carbonyl (C=O) groups is 1. The van der Waals surface area contributed by atoms with Crippen LogP contribution in [-0.2, 0) is 4.79 Å². The Labute approximate surface area is 135 Å². The number of rotatable bonds is 4. The number of halogens is 1. The third kappa shape index (κ3) is 3.93. The van der Waals surface area contributed by atoms with Crippen LogP contribution in [0.4, 0.5) is 0 Å². The Balaban J connectivity index is 0.00000176. The Bertz CT molecular complexity index is 561. The van der Waals surface area contributed by atoms with Gasteiger partial charge in [0.1, 0.15) is 12.7 Å². The molecule has 0 saturated heterocycles. The molecule has 0 spiro atoms. The number of fused-ring (bicyclic) bond motifs is 1. The maximum Gasteiger partial charge on any atom is 0.332 e. The van der Waals surface area contributed by atoms with Crippen molar-refractivity contribution in [3.8, 4) is 11.5 Å². The van der Waals surface area contributed by atoms with Gasteiger partial charge in [-0.15, -0.1) is 12.4 Å². The molecule has 1 N–H and O–H groups in total. The van der Waals surface area contributed by atoms with Gasteiger partial charge in [-0.3, -0.25) is 4.90 Å². The molecule has 2 heterocycles. The van der Waals surface area contributed by atoms with E-state index in [1.165, 1.54) is 0 Å². The van der Waals surface area contributed by atoms with Gasteiger partial charge in [-0.25, -0.2) is 4.79 Å². The third-order valence-corrected chi connectivity index (χ3v) is 3.84. The average molecular weight is 326 g/mol. The van der Waals surface area contributed by atoms with Crippen LogP contribution in [0, 0.1) is 0 Å². The predicted molar refractivity (Wildman–Crippen MR) is 85.0 cm³/mol. The van der Waals surface area contributed by atoms with Crippen molar-refractivity contribution in [3.05, 3.63) is 35.9 Å². The fourth-order valence-corrected chi connectivity index (χ4v) is 2.68. The van der Waals surface area contributed by atoms with Crippen molar-refractivity contribution < 1.29 is 19.4 Å². The van der Waals surface area contributed by atoms with Crippen molar-refractivity contribution >= 4 is 18.4 Å². The van der Waals surface area contributed by atoms with Crippen LogP contribution in [0.3, 0.4) is 0 Å². The zero-order valence-corrected chi connectivity index (χ0v) is 13.1. The summed E-state index contributed by atoms with van der Waals surface area (Å²) in [5.74, 6) is 0.771. The van der Waals surface area contributed by atoms with Crippen molar-refractivity contribution in [2.45, 2.75) is 18.9 Å². The molecule has 120 valence electrons. The van der Waals surface area contributed by atoms with E-state index in [1.807, 2.05) is 30.3 Å². The number of ether oxygens (including phenoxy) is 2. The van der Waals surface area contributed by atoms with Gasteiger partial charge < -0.3 is 14.6 Å². The van der Waals surface area contributed by atoms with Crippen LogP contribution < -0.4 is 9.47 Å². The van der Waals surface area contributed by atoms with E-state index in [4.69, 9.17) is 14.6 Å². The lowest BCUT2D eigenvalue weighted by atomic mass is 10.1. The molecule has 22 heavy (non-hydrogen) atoms. The smallest absolute Gasteiger partial charge is 0.332 e. The summed E-state index contributed by atoms with van der Waals surface area (Å²) in [5.41, 5.74) is 0.493. The highest BCUT2D eigenvalue weighted by atomic mass is 35.5. The highest BCUT2D eigenvalue weighted by Gasteiger charge is 2.23. The maximum atomic E-state index is 11.0. The number of hydrogen-bond acceptors (Lipinski definition) is 4. The minimum Gasteiger partial charge on any atom is -0.486 e. The van der Waals surface area contributed by atoms with Crippen LogP contribution in [0.2, 0.25) is 0 Å². The van der Waals surface area contributed by atoms with Gasteiger partial charge in [0.25, 0.3) is 0 Å². The fourth-order valence-electron chi connectivity index (χ4n) is 2.68. The zero-order valence-electron chi connectivity index (χ0n) is 12.2. The summed E-state index contributed by atoms with van der Waals surface area (Å²) in [4.78, 5) is 13.2. The van der Waals surface area contributed by atoms with E-state index in [-0.39, 0.29) is 18.5 Å². The Morgan fingerprint density at radius 3 is 2.86 bits per heavy atom. The van der Waals surface area contributed by atoms with E-state index in [0.29, 0.717) is 18.7 Å². The summed E-state index contributed by atoms with van der Waals surface area (Å²) >= 11 is 0. The molecule has 3 rings (SSSR count). The molecule has 6 heteroatoms. The van der Waals surface area contributed by atoms with Crippen LogP contribution in [0.25, 0.3) is 0 Å². The molecule has 1 aromatic carbocycles. The molecule has 2 aliphatic heterocycles. The molecule has 5 nitrogen and oxygen atoms in total. The SMILES string of the molecule is Cl.O=C(O)C1=CCCN(CCC2COc3ccccc3O2)C1. The Morgan fingerprint density at radius 2 is 2.09 bits per heavy atom. The minimum atomic E-state index is -0.814. The minimum absolute atomic E-state index is 0. The van der Waals surface area contributed by atoms with Crippen LogP contribution in [-0.4, -0.2) is 48.3 Å². The van der Waals surface area contributed by atoms with Gasteiger partial charge in [-0.1, -0.05) is 18.2 Å². The molecule has 2 aliphatic rings. The van der Waals surface area contributed by atoms with Gasteiger partial charge in [0.05, 0.1) is 0 Å². The van der Waals surface area contributed by atoms with Crippen LogP contribution in [0.1, 0.15) is 12.8 Å². The van der Waals surface area contributed by atoms with Crippen LogP contribution >= 0.6 is 12.4 Å². The number of carboxylic acids is 1. The van der Waals surface area contributed by atoms with E-state index in [9.17, 15) is 4.79 Å². The van der Waals surface area contributed by atoms with Crippen molar-refractivity contribution in [2.75, 3.05) is 26.2 Å². The van der Waals surface area contributed by atoms with Gasteiger partial charge in [-0.05, 0) is 18.6 Å². The van der Waals surface area contributed by atoms with Gasteiger partial charge in [0.15, 0.2) is 11.5 Å². The van der Waals surface area contributed by atoms with E-state index in [2.05, 4.69) is 4.90 Å². The number of hydrogen-bond donors (Lipinski definition) is 1. The quantitative estimate of drug-likeness (QED) is 0.921. The normalized spacial score (nSPS) is 20.7. The lowest BCUT2D eigenvalue weighted by Crippen LogP contribution is -2.37. The van der Waals surface area contributed by atoms with Crippen molar-refractivity contribution in [1.29, 1.82) is 0 Å². The summed E-state index contributed by atoms with van der Waals surface area (Å²) < 4.78 is 11.6. The Morgan fingerprint density at radius 1 is 1.32 bits per heavy atom. The molecule has 0 aromatic heterocycles. The standard InChI is InChI=1S/C16H19NO4.ClH/c18-16(19)12-4-3-8-17(10-12)9-7-13-11-20-14-5-1-2-6-15(14)21-13;/h1-2,4-6,13H,3,7-11H2,(H,18,19);1H. The molecular formula is C16H20ClNO4. The number of para-hydroxylation sites is 2. The highest BCUT2D eigenvalue weighted by molar-refractivity contribution is 5.87. The molecule has 0 aliphatic carbocycles. The second kappa shape index (κ2) is 7.51. The molecule has 1 unspecified atom stereocenters. The summed E-state index contributed by atoms with van der Waals surface area (Å²) in [5, 5.41) is 9.04. The summed E-state index contributed by atoms with van der Waals surface area (Å²) in [6.07, 6.45) is 3.47. The largest absolute Gasteiger partial charge is 0.486 e. The first-order valence-electron chi connectivity index (χ1n) is 7.25. The van der Waals surface area contributed by atoms with Crippen molar-refractivity contribution in [2.24, 2.45) is 0 Å². The average Bonchev–Trinajstić information content (AvgIpc) is 2.53. The molecular weight excluding hydrogens is 306 g/mol. The number of carboxylic acid groups (broad SMARTS) is 1. The summed E-state index contributed by atoms with van der Waals surface area (Å²) in [6, 6.07) is 7.67. The predicted octanol–water partition coefficient (Wildman–Crippen LogP) is 2.36. The monoisotopic (exact) mass is 325 g/mol. The lowest BCUT2D eigenvalue weighted by Gasteiger charge is -2.30. The van der Waals surface area contributed by atoms with Crippen molar-refractivity contribution in [1.82, 2.24) is 4.90 Å². The van der Waals surface area contributed by atoms with Crippen LogP contribution in [0.5, 0.6) is 11.5 Å². The molecule has 0 saturated carbocycles. The summed E-state index contributed by atoms with van der Waals surface area (Å²) in [7, 11) is 0. The van der Waals surface area contributed by atoms with Gasteiger partial charge >= 0.3 is 5.97 Å². The number of benzene rings is 1. The lowest BCUT2D eigenvalue weighted by molar-refractivity contribution is -0.133. The molecule has 0 bridgehead atoms. The fraction of sp³-hybridized carbons (Fsp3) is 0.438.